The molecule has 1 aromatic carbocycles. The van der Waals surface area contributed by atoms with Crippen LogP contribution in [0.25, 0.3) is 0 Å². The van der Waals surface area contributed by atoms with Gasteiger partial charge in [-0.1, -0.05) is 25.6 Å². The molecule has 2 amide bonds. The Balaban J connectivity index is 2.17. The van der Waals surface area contributed by atoms with Gasteiger partial charge in [-0.15, -0.1) is 0 Å². The van der Waals surface area contributed by atoms with Crippen molar-refractivity contribution in [2.24, 2.45) is 11.3 Å². The van der Waals surface area contributed by atoms with E-state index < -0.39 is 22.5 Å². The molecule has 1 aliphatic rings. The molecule has 1 aromatic rings. The van der Waals surface area contributed by atoms with Gasteiger partial charge in [0.15, 0.2) is 5.78 Å². The van der Waals surface area contributed by atoms with Gasteiger partial charge in [0.05, 0.1) is 28.0 Å². The highest BCUT2D eigenvalue weighted by Crippen LogP contribution is 2.42. The Morgan fingerprint density at radius 3 is 2.36 bits per heavy atom. The standard InChI is InChI=1S/C20H20N4O3S/c1-11(25)13-5-7-14(8-6-13)23-17(26)12(2)28-19-16(10-22)20(3,4)15(9-21)18(27)24-19/h5-8,12,15H,1-4H3,(H,23,26)(H,24,27)/t12-,15+/m0/s1. The second kappa shape index (κ2) is 8.28. The lowest BCUT2D eigenvalue weighted by Gasteiger charge is -2.35. The van der Waals surface area contributed by atoms with Gasteiger partial charge in [-0.05, 0) is 38.1 Å². The number of carbonyl (C=O) groups excluding carboxylic acids is 3. The van der Waals surface area contributed by atoms with E-state index in [2.05, 4.69) is 16.7 Å². The highest BCUT2D eigenvalue weighted by molar-refractivity contribution is 8.04. The Morgan fingerprint density at radius 1 is 1.25 bits per heavy atom. The first kappa shape index (κ1) is 21.2. The lowest BCUT2D eigenvalue weighted by molar-refractivity contribution is -0.125. The molecular formula is C20H20N4O3S. The zero-order valence-corrected chi connectivity index (χ0v) is 16.8. The van der Waals surface area contributed by atoms with Crippen molar-refractivity contribution in [3.05, 3.63) is 40.4 Å². The summed E-state index contributed by atoms with van der Waals surface area (Å²) in [7, 11) is 0. The molecule has 0 saturated heterocycles. The molecule has 2 atom stereocenters. The number of nitrogens with one attached hydrogen (secondary N) is 2. The van der Waals surface area contributed by atoms with Gasteiger partial charge in [0.2, 0.25) is 11.8 Å². The van der Waals surface area contributed by atoms with E-state index in [1.807, 2.05) is 6.07 Å². The minimum absolute atomic E-state index is 0.0656. The Morgan fingerprint density at radius 2 is 1.86 bits per heavy atom. The second-order valence-corrected chi connectivity index (χ2v) is 8.32. The Hall–Kier alpha value is -3.10. The number of nitriles is 2. The van der Waals surface area contributed by atoms with Crippen LogP contribution in [0.4, 0.5) is 5.69 Å². The number of hydrogen-bond acceptors (Lipinski definition) is 6. The van der Waals surface area contributed by atoms with E-state index in [1.54, 1.807) is 45.0 Å². The van der Waals surface area contributed by atoms with Crippen LogP contribution in [0.2, 0.25) is 0 Å². The molecule has 0 spiro atoms. The average molecular weight is 396 g/mol. The number of nitrogens with zero attached hydrogens (tertiary/aromatic N) is 2. The summed E-state index contributed by atoms with van der Waals surface area (Å²) < 4.78 is 0. The zero-order chi connectivity index (χ0) is 21.1. The van der Waals surface area contributed by atoms with Crippen LogP contribution in [0.15, 0.2) is 34.9 Å². The van der Waals surface area contributed by atoms with E-state index in [0.29, 0.717) is 16.3 Å². The maximum absolute atomic E-state index is 12.5. The number of ketones is 1. The predicted molar refractivity (Wildman–Crippen MR) is 106 cm³/mol. The minimum Gasteiger partial charge on any atom is -0.325 e. The molecule has 1 aliphatic heterocycles. The third kappa shape index (κ3) is 4.24. The Bertz CT molecular complexity index is 936. The quantitative estimate of drug-likeness (QED) is 0.738. The molecule has 144 valence electrons. The Labute approximate surface area is 167 Å². The van der Waals surface area contributed by atoms with Gasteiger partial charge in [0, 0.05) is 16.7 Å². The van der Waals surface area contributed by atoms with Crippen LogP contribution in [0, 0.1) is 34.0 Å². The minimum atomic E-state index is -0.976. The molecule has 0 aliphatic carbocycles. The molecule has 28 heavy (non-hydrogen) atoms. The first-order valence-electron chi connectivity index (χ1n) is 8.55. The molecule has 0 saturated carbocycles. The number of benzene rings is 1. The summed E-state index contributed by atoms with van der Waals surface area (Å²) in [6.07, 6.45) is 0. The third-order valence-electron chi connectivity index (χ3n) is 4.56. The summed E-state index contributed by atoms with van der Waals surface area (Å²) >= 11 is 1.06. The fraction of sp³-hybridized carbons (Fsp3) is 0.350. The van der Waals surface area contributed by atoms with E-state index >= 15 is 0 Å². The third-order valence-corrected chi connectivity index (χ3v) is 5.67. The highest BCUT2D eigenvalue weighted by atomic mass is 32.2. The molecule has 0 aromatic heterocycles. The normalized spacial score (nSPS) is 19.1. The number of thioether (sulfide) groups is 1. The average Bonchev–Trinajstić information content (AvgIpc) is 2.61. The molecule has 0 bridgehead atoms. The Kier molecular flexibility index (Phi) is 6.27. The summed E-state index contributed by atoms with van der Waals surface area (Å²) in [6.45, 7) is 6.45. The smallest absolute Gasteiger partial charge is 0.243 e. The van der Waals surface area contributed by atoms with Gasteiger partial charge in [-0.2, -0.15) is 10.5 Å². The molecular weight excluding hydrogens is 376 g/mol. The number of carbonyl (C=O) groups is 3. The molecule has 2 rings (SSSR count). The fourth-order valence-corrected chi connectivity index (χ4v) is 3.88. The maximum Gasteiger partial charge on any atom is 0.243 e. The van der Waals surface area contributed by atoms with Gasteiger partial charge >= 0.3 is 0 Å². The van der Waals surface area contributed by atoms with Crippen molar-refractivity contribution in [3.63, 3.8) is 0 Å². The highest BCUT2D eigenvalue weighted by Gasteiger charge is 2.45. The van der Waals surface area contributed by atoms with Gasteiger partial charge in [0.25, 0.3) is 0 Å². The molecule has 0 fully saturated rings. The van der Waals surface area contributed by atoms with E-state index in [0.717, 1.165) is 11.8 Å². The summed E-state index contributed by atoms with van der Waals surface area (Å²) in [5.74, 6) is -1.85. The molecule has 0 unspecified atom stereocenters. The van der Waals surface area contributed by atoms with Crippen molar-refractivity contribution in [2.45, 2.75) is 32.9 Å². The first-order valence-corrected chi connectivity index (χ1v) is 9.43. The largest absolute Gasteiger partial charge is 0.325 e. The van der Waals surface area contributed by atoms with Crippen LogP contribution < -0.4 is 10.6 Å². The van der Waals surface area contributed by atoms with Crippen molar-refractivity contribution in [1.82, 2.24) is 5.32 Å². The van der Waals surface area contributed by atoms with E-state index in [-0.39, 0.29) is 17.3 Å². The molecule has 1 heterocycles. The molecule has 2 N–H and O–H groups in total. The van der Waals surface area contributed by atoms with Gasteiger partial charge in [-0.25, -0.2) is 0 Å². The van der Waals surface area contributed by atoms with Gasteiger partial charge < -0.3 is 10.6 Å². The zero-order valence-electron chi connectivity index (χ0n) is 16.0. The summed E-state index contributed by atoms with van der Waals surface area (Å²) in [6, 6.07) is 10.5. The summed E-state index contributed by atoms with van der Waals surface area (Å²) in [4.78, 5) is 36.0. The molecule has 7 nitrogen and oxygen atoms in total. The second-order valence-electron chi connectivity index (χ2n) is 6.97. The van der Waals surface area contributed by atoms with E-state index in [1.165, 1.54) is 6.92 Å². The van der Waals surface area contributed by atoms with E-state index in [4.69, 9.17) is 0 Å². The van der Waals surface area contributed by atoms with E-state index in [9.17, 15) is 24.9 Å². The first-order chi connectivity index (χ1) is 13.1. The topological polar surface area (TPSA) is 123 Å². The predicted octanol–water partition coefficient (Wildman–Crippen LogP) is 2.98. The van der Waals surface area contributed by atoms with Crippen molar-refractivity contribution in [2.75, 3.05) is 5.32 Å². The van der Waals surface area contributed by atoms with Crippen LogP contribution in [0.5, 0.6) is 0 Å². The van der Waals surface area contributed by atoms with Crippen molar-refractivity contribution in [3.8, 4) is 12.1 Å². The molecule has 0 radical (unpaired) electrons. The summed E-state index contributed by atoms with van der Waals surface area (Å²) in [5, 5.41) is 23.8. The van der Waals surface area contributed by atoms with Gasteiger partial charge in [0.1, 0.15) is 5.92 Å². The number of allylic oxidation sites excluding steroid dienone is 1. The van der Waals surface area contributed by atoms with Gasteiger partial charge in [-0.3, -0.25) is 14.4 Å². The van der Waals surface area contributed by atoms with Crippen molar-refractivity contribution >= 4 is 35.0 Å². The SMILES string of the molecule is CC(=O)c1ccc(NC(=O)[C@H](C)SC2=C(C#N)C(C)(C)[C@H](C#N)C(=O)N2)cc1. The number of anilines is 1. The maximum atomic E-state index is 12.5. The van der Waals surface area contributed by atoms with Crippen LogP contribution in [-0.4, -0.2) is 22.8 Å². The van der Waals surface area contributed by atoms with Crippen LogP contribution in [0.3, 0.4) is 0 Å². The number of Topliss-reactive ketones (excluding diaryl/α,β-unsaturated/α-hetero) is 1. The number of hydrogen-bond donors (Lipinski definition) is 2. The number of amides is 2. The monoisotopic (exact) mass is 396 g/mol. The lowest BCUT2D eigenvalue weighted by Crippen LogP contribution is -2.45. The molecule has 8 heteroatoms. The van der Waals surface area contributed by atoms with Crippen LogP contribution >= 0.6 is 11.8 Å². The summed E-state index contributed by atoms with van der Waals surface area (Å²) in [5.41, 5.74) is 0.402. The van der Waals surface area contributed by atoms with Crippen LogP contribution in [0.1, 0.15) is 38.1 Å². The van der Waals surface area contributed by atoms with Crippen LogP contribution in [-0.2, 0) is 9.59 Å². The lowest BCUT2D eigenvalue weighted by atomic mass is 9.72. The fourth-order valence-electron chi connectivity index (χ4n) is 2.78. The van der Waals surface area contributed by atoms with Crippen molar-refractivity contribution < 1.29 is 14.4 Å². The number of rotatable bonds is 5. The van der Waals surface area contributed by atoms with Crippen molar-refractivity contribution in [1.29, 1.82) is 10.5 Å².